The molecule has 1 aromatic rings. The van der Waals surface area contributed by atoms with Crippen molar-refractivity contribution >= 4 is 11.9 Å². The number of benzene rings is 1. The van der Waals surface area contributed by atoms with Gasteiger partial charge < -0.3 is 15.6 Å². The summed E-state index contributed by atoms with van der Waals surface area (Å²) < 4.78 is 37.1. The van der Waals surface area contributed by atoms with Crippen molar-refractivity contribution in [3.63, 3.8) is 0 Å². The highest BCUT2D eigenvalue weighted by Gasteiger charge is 2.38. The highest BCUT2D eigenvalue weighted by atomic mass is 19.4. The SMILES string of the molecule is N[C@H]1CC[C@H](C(=O)OCc2ccccc2)CC1.O=C(O)C(F)(F)F. The van der Waals surface area contributed by atoms with Crippen molar-refractivity contribution in [3.05, 3.63) is 35.9 Å². The molecule has 0 saturated heterocycles. The predicted octanol–water partition coefficient (Wildman–Crippen LogP) is 2.88. The van der Waals surface area contributed by atoms with E-state index in [9.17, 15) is 18.0 Å². The summed E-state index contributed by atoms with van der Waals surface area (Å²) in [7, 11) is 0. The van der Waals surface area contributed by atoms with E-state index in [1.165, 1.54) is 0 Å². The van der Waals surface area contributed by atoms with Crippen molar-refractivity contribution in [3.8, 4) is 0 Å². The molecule has 24 heavy (non-hydrogen) atoms. The molecule has 0 bridgehead atoms. The van der Waals surface area contributed by atoms with Crippen LogP contribution >= 0.6 is 0 Å². The number of hydrogen-bond donors (Lipinski definition) is 2. The molecule has 0 aliphatic heterocycles. The van der Waals surface area contributed by atoms with Gasteiger partial charge in [-0.25, -0.2) is 4.79 Å². The molecule has 8 heteroatoms. The first-order chi connectivity index (χ1) is 11.2. The van der Waals surface area contributed by atoms with Gasteiger partial charge in [0.1, 0.15) is 6.61 Å². The summed E-state index contributed by atoms with van der Waals surface area (Å²) in [5, 5.41) is 7.12. The summed E-state index contributed by atoms with van der Waals surface area (Å²) >= 11 is 0. The minimum Gasteiger partial charge on any atom is -0.475 e. The minimum absolute atomic E-state index is 0.0542. The molecule has 3 N–H and O–H groups in total. The Morgan fingerprint density at radius 1 is 1.12 bits per heavy atom. The van der Waals surface area contributed by atoms with Gasteiger partial charge in [-0.05, 0) is 31.2 Å². The number of ether oxygens (including phenoxy) is 1. The molecule has 0 spiro atoms. The third-order valence-corrected chi connectivity index (χ3v) is 3.57. The van der Waals surface area contributed by atoms with Crippen molar-refractivity contribution in [2.75, 3.05) is 0 Å². The topological polar surface area (TPSA) is 89.6 Å². The second-order valence-electron chi connectivity index (χ2n) is 5.51. The van der Waals surface area contributed by atoms with Crippen LogP contribution in [0.2, 0.25) is 0 Å². The Hall–Kier alpha value is -2.09. The second-order valence-corrected chi connectivity index (χ2v) is 5.51. The summed E-state index contributed by atoms with van der Waals surface area (Å²) in [6, 6.07) is 10.0. The third-order valence-electron chi connectivity index (χ3n) is 3.57. The number of hydrogen-bond acceptors (Lipinski definition) is 4. The number of carboxylic acid groups (broad SMARTS) is 1. The van der Waals surface area contributed by atoms with Gasteiger partial charge in [-0.15, -0.1) is 0 Å². The lowest BCUT2D eigenvalue weighted by Crippen LogP contribution is -2.30. The quantitative estimate of drug-likeness (QED) is 0.821. The minimum atomic E-state index is -5.08. The van der Waals surface area contributed by atoms with Crippen molar-refractivity contribution in [2.45, 2.75) is 44.5 Å². The fourth-order valence-corrected chi connectivity index (χ4v) is 2.20. The van der Waals surface area contributed by atoms with E-state index < -0.39 is 12.1 Å². The molecule has 1 aromatic carbocycles. The van der Waals surface area contributed by atoms with Crippen LogP contribution in [-0.4, -0.2) is 29.3 Å². The first kappa shape index (κ1) is 20.0. The van der Waals surface area contributed by atoms with Crippen LogP contribution in [0.15, 0.2) is 30.3 Å². The summed E-state index contributed by atoms with van der Waals surface area (Å²) in [5.41, 5.74) is 6.85. The van der Waals surface area contributed by atoms with E-state index in [0.717, 1.165) is 31.2 Å². The van der Waals surface area contributed by atoms with E-state index in [4.69, 9.17) is 20.4 Å². The van der Waals surface area contributed by atoms with Gasteiger partial charge in [0.15, 0.2) is 0 Å². The molecule has 0 atom stereocenters. The fraction of sp³-hybridized carbons (Fsp3) is 0.500. The van der Waals surface area contributed by atoms with E-state index in [-0.39, 0.29) is 17.9 Å². The Kier molecular flexibility index (Phi) is 7.70. The summed E-state index contributed by atoms with van der Waals surface area (Å²) in [5.74, 6) is -2.77. The van der Waals surface area contributed by atoms with Crippen molar-refractivity contribution in [1.29, 1.82) is 0 Å². The summed E-state index contributed by atoms with van der Waals surface area (Å²) in [6.07, 6.45) is -1.47. The Bertz CT molecular complexity index is 526. The van der Waals surface area contributed by atoms with Gasteiger partial charge in [0.25, 0.3) is 0 Å². The molecule has 1 aliphatic carbocycles. The van der Waals surface area contributed by atoms with Gasteiger partial charge in [0, 0.05) is 6.04 Å². The van der Waals surface area contributed by atoms with E-state index in [1.807, 2.05) is 30.3 Å². The molecule has 1 aliphatic rings. The van der Waals surface area contributed by atoms with Gasteiger partial charge in [-0.1, -0.05) is 30.3 Å². The second kappa shape index (κ2) is 9.27. The van der Waals surface area contributed by atoms with Gasteiger partial charge in [-0.3, -0.25) is 4.79 Å². The first-order valence-corrected chi connectivity index (χ1v) is 7.46. The first-order valence-electron chi connectivity index (χ1n) is 7.46. The zero-order chi connectivity index (χ0) is 18.2. The van der Waals surface area contributed by atoms with Gasteiger partial charge in [0.05, 0.1) is 5.92 Å². The molecular weight excluding hydrogens is 327 g/mol. The standard InChI is InChI=1S/C14H19NO2.C2HF3O2/c15-13-8-6-12(7-9-13)14(16)17-10-11-4-2-1-3-5-11;3-2(4,5)1(6)7/h1-5,12-13H,6-10,15H2;(H,6,7)/t12-,13-;. The monoisotopic (exact) mass is 347 g/mol. The number of carbonyl (C=O) groups excluding carboxylic acids is 1. The van der Waals surface area contributed by atoms with Crippen LogP contribution in [0, 0.1) is 5.92 Å². The van der Waals surface area contributed by atoms with E-state index in [2.05, 4.69) is 0 Å². The Labute approximate surface area is 137 Å². The molecule has 1 saturated carbocycles. The van der Waals surface area contributed by atoms with Crippen LogP contribution in [0.5, 0.6) is 0 Å². The molecular formula is C16H20F3NO4. The van der Waals surface area contributed by atoms with Crippen LogP contribution in [0.1, 0.15) is 31.2 Å². The largest absolute Gasteiger partial charge is 0.490 e. The number of alkyl halides is 3. The Morgan fingerprint density at radius 3 is 2.08 bits per heavy atom. The lowest BCUT2D eigenvalue weighted by atomic mass is 9.86. The predicted molar refractivity (Wildman–Crippen MR) is 79.9 cm³/mol. The average molecular weight is 347 g/mol. The lowest BCUT2D eigenvalue weighted by molar-refractivity contribution is -0.192. The molecule has 0 amide bonds. The summed E-state index contributed by atoms with van der Waals surface area (Å²) in [4.78, 5) is 20.7. The van der Waals surface area contributed by atoms with Crippen LogP contribution in [-0.2, 0) is 20.9 Å². The zero-order valence-corrected chi connectivity index (χ0v) is 13.0. The normalized spacial score (nSPS) is 20.5. The van der Waals surface area contributed by atoms with Crippen molar-refractivity contribution in [1.82, 2.24) is 0 Å². The number of nitrogens with two attached hydrogens (primary N) is 1. The highest BCUT2D eigenvalue weighted by Crippen LogP contribution is 2.24. The number of carbonyl (C=O) groups is 2. The summed E-state index contributed by atoms with van der Waals surface area (Å²) in [6.45, 7) is 0.377. The maximum absolute atomic E-state index is 11.8. The molecule has 134 valence electrons. The number of rotatable bonds is 3. The van der Waals surface area contributed by atoms with Crippen LogP contribution < -0.4 is 5.73 Å². The van der Waals surface area contributed by atoms with Gasteiger partial charge >= 0.3 is 18.1 Å². The third kappa shape index (κ3) is 7.45. The van der Waals surface area contributed by atoms with Crippen LogP contribution in [0.3, 0.4) is 0 Å². The zero-order valence-electron chi connectivity index (χ0n) is 13.0. The number of carboxylic acids is 1. The number of esters is 1. The van der Waals surface area contributed by atoms with Gasteiger partial charge in [0.2, 0.25) is 0 Å². The molecule has 5 nitrogen and oxygen atoms in total. The average Bonchev–Trinajstić information content (AvgIpc) is 2.54. The molecule has 0 aromatic heterocycles. The molecule has 1 fully saturated rings. The molecule has 2 rings (SSSR count). The smallest absolute Gasteiger partial charge is 0.475 e. The van der Waals surface area contributed by atoms with Crippen LogP contribution in [0.4, 0.5) is 13.2 Å². The molecule has 0 radical (unpaired) electrons. The lowest BCUT2D eigenvalue weighted by Gasteiger charge is -2.24. The van der Waals surface area contributed by atoms with E-state index in [1.54, 1.807) is 0 Å². The Balaban J connectivity index is 0.000000351. The molecule has 0 unspecified atom stereocenters. The maximum atomic E-state index is 11.8. The van der Waals surface area contributed by atoms with E-state index in [0.29, 0.717) is 6.61 Å². The fourth-order valence-electron chi connectivity index (χ4n) is 2.20. The van der Waals surface area contributed by atoms with Crippen LogP contribution in [0.25, 0.3) is 0 Å². The Morgan fingerprint density at radius 2 is 1.62 bits per heavy atom. The van der Waals surface area contributed by atoms with Crippen molar-refractivity contribution < 1.29 is 32.6 Å². The van der Waals surface area contributed by atoms with Crippen molar-refractivity contribution in [2.24, 2.45) is 11.7 Å². The van der Waals surface area contributed by atoms with E-state index >= 15 is 0 Å². The highest BCUT2D eigenvalue weighted by molar-refractivity contribution is 5.73. The molecule has 0 heterocycles. The number of aliphatic carboxylic acids is 1. The maximum Gasteiger partial charge on any atom is 0.490 e. The number of halogens is 3. The van der Waals surface area contributed by atoms with Gasteiger partial charge in [-0.2, -0.15) is 13.2 Å².